The van der Waals surface area contributed by atoms with E-state index in [2.05, 4.69) is 29.1 Å². The second-order valence-corrected chi connectivity index (χ2v) is 3.67. The minimum atomic E-state index is 0.591. The molecule has 1 aromatic rings. The molecule has 0 spiro atoms. The van der Waals surface area contributed by atoms with Crippen molar-refractivity contribution in [3.05, 3.63) is 18.1 Å². The van der Waals surface area contributed by atoms with Crippen LogP contribution in [0.15, 0.2) is 12.3 Å². The van der Waals surface area contributed by atoms with Crippen molar-refractivity contribution in [3.8, 4) is 0 Å². The van der Waals surface area contributed by atoms with E-state index in [-0.39, 0.29) is 0 Å². The molecule has 1 heterocycles. The molecule has 0 saturated carbocycles. The SMILES string of the molecule is CC(C)CNc1ccnc(CCN)n1. The largest absolute Gasteiger partial charge is 0.370 e. The molecule has 0 aliphatic heterocycles. The zero-order valence-corrected chi connectivity index (χ0v) is 8.83. The maximum Gasteiger partial charge on any atom is 0.131 e. The highest BCUT2D eigenvalue weighted by Gasteiger charge is 1.98. The predicted molar refractivity (Wildman–Crippen MR) is 58.1 cm³/mol. The Labute approximate surface area is 85.0 Å². The fourth-order valence-corrected chi connectivity index (χ4v) is 1.06. The predicted octanol–water partition coefficient (Wildman–Crippen LogP) is 1.05. The van der Waals surface area contributed by atoms with Crippen molar-refractivity contribution in [3.63, 3.8) is 0 Å². The van der Waals surface area contributed by atoms with E-state index in [0.717, 1.165) is 24.6 Å². The van der Waals surface area contributed by atoms with Crippen LogP contribution in [0.2, 0.25) is 0 Å². The number of nitrogens with zero attached hydrogens (tertiary/aromatic N) is 2. The van der Waals surface area contributed by atoms with Gasteiger partial charge in [0, 0.05) is 19.2 Å². The number of nitrogens with one attached hydrogen (secondary N) is 1. The minimum Gasteiger partial charge on any atom is -0.370 e. The second-order valence-electron chi connectivity index (χ2n) is 3.67. The molecule has 14 heavy (non-hydrogen) atoms. The third-order valence-electron chi connectivity index (χ3n) is 1.76. The summed E-state index contributed by atoms with van der Waals surface area (Å²) in [5.41, 5.74) is 5.43. The fraction of sp³-hybridized carbons (Fsp3) is 0.600. The third-order valence-corrected chi connectivity index (χ3v) is 1.76. The van der Waals surface area contributed by atoms with Crippen molar-refractivity contribution in [2.45, 2.75) is 20.3 Å². The van der Waals surface area contributed by atoms with Gasteiger partial charge in [-0.05, 0) is 18.5 Å². The van der Waals surface area contributed by atoms with E-state index in [1.54, 1.807) is 6.20 Å². The molecule has 0 bridgehead atoms. The number of nitrogens with two attached hydrogens (primary N) is 1. The van der Waals surface area contributed by atoms with E-state index >= 15 is 0 Å². The van der Waals surface area contributed by atoms with Gasteiger partial charge in [-0.3, -0.25) is 0 Å². The van der Waals surface area contributed by atoms with Gasteiger partial charge in [-0.1, -0.05) is 13.8 Å². The molecule has 4 heteroatoms. The molecule has 0 saturated heterocycles. The first-order valence-corrected chi connectivity index (χ1v) is 4.98. The number of rotatable bonds is 5. The molecule has 0 fully saturated rings. The lowest BCUT2D eigenvalue weighted by Crippen LogP contribution is -2.11. The van der Waals surface area contributed by atoms with Crippen LogP contribution in [0, 0.1) is 5.92 Å². The Morgan fingerprint density at radius 2 is 2.29 bits per heavy atom. The molecule has 0 aliphatic carbocycles. The zero-order valence-electron chi connectivity index (χ0n) is 8.83. The van der Waals surface area contributed by atoms with Crippen LogP contribution in [0.1, 0.15) is 19.7 Å². The van der Waals surface area contributed by atoms with E-state index in [1.807, 2.05) is 6.07 Å². The summed E-state index contributed by atoms with van der Waals surface area (Å²) in [6.45, 7) is 5.84. The fourth-order valence-electron chi connectivity index (χ4n) is 1.06. The smallest absolute Gasteiger partial charge is 0.131 e. The van der Waals surface area contributed by atoms with Crippen LogP contribution in [0.25, 0.3) is 0 Å². The summed E-state index contributed by atoms with van der Waals surface area (Å²) in [6, 6.07) is 1.88. The van der Waals surface area contributed by atoms with Crippen LogP contribution in [-0.2, 0) is 6.42 Å². The first kappa shape index (κ1) is 10.9. The average Bonchev–Trinajstić information content (AvgIpc) is 2.16. The van der Waals surface area contributed by atoms with Crippen molar-refractivity contribution in [2.75, 3.05) is 18.4 Å². The van der Waals surface area contributed by atoms with Crippen LogP contribution in [0.4, 0.5) is 5.82 Å². The summed E-state index contributed by atoms with van der Waals surface area (Å²) in [5.74, 6) is 2.31. The molecule has 0 amide bonds. The Hall–Kier alpha value is -1.16. The van der Waals surface area contributed by atoms with Crippen molar-refractivity contribution >= 4 is 5.82 Å². The molecule has 1 rings (SSSR count). The summed E-state index contributed by atoms with van der Waals surface area (Å²) >= 11 is 0. The van der Waals surface area contributed by atoms with Gasteiger partial charge in [0.15, 0.2) is 0 Å². The lowest BCUT2D eigenvalue weighted by atomic mass is 10.2. The van der Waals surface area contributed by atoms with Gasteiger partial charge in [0.25, 0.3) is 0 Å². The topological polar surface area (TPSA) is 63.8 Å². The minimum absolute atomic E-state index is 0.591. The second kappa shape index (κ2) is 5.54. The van der Waals surface area contributed by atoms with E-state index in [4.69, 9.17) is 5.73 Å². The molecule has 0 radical (unpaired) electrons. The van der Waals surface area contributed by atoms with Gasteiger partial charge in [0.05, 0.1) is 0 Å². The summed E-state index contributed by atoms with van der Waals surface area (Å²) in [4.78, 5) is 8.46. The lowest BCUT2D eigenvalue weighted by molar-refractivity contribution is 0.686. The molecule has 4 nitrogen and oxygen atoms in total. The normalized spacial score (nSPS) is 10.6. The van der Waals surface area contributed by atoms with Gasteiger partial charge in [0.2, 0.25) is 0 Å². The maximum atomic E-state index is 5.43. The van der Waals surface area contributed by atoms with E-state index in [1.165, 1.54) is 0 Å². The third kappa shape index (κ3) is 3.70. The van der Waals surface area contributed by atoms with Crippen LogP contribution < -0.4 is 11.1 Å². The Balaban J connectivity index is 2.54. The average molecular weight is 194 g/mol. The monoisotopic (exact) mass is 194 g/mol. The van der Waals surface area contributed by atoms with E-state index in [9.17, 15) is 0 Å². The highest BCUT2D eigenvalue weighted by Crippen LogP contribution is 2.03. The Bertz CT molecular complexity index is 273. The summed E-state index contributed by atoms with van der Waals surface area (Å²) in [7, 11) is 0. The first-order valence-electron chi connectivity index (χ1n) is 4.98. The van der Waals surface area contributed by atoms with Gasteiger partial charge < -0.3 is 11.1 Å². The highest BCUT2D eigenvalue weighted by atomic mass is 15.0. The first-order chi connectivity index (χ1) is 6.72. The molecular weight excluding hydrogens is 176 g/mol. The molecule has 0 aliphatic rings. The van der Waals surface area contributed by atoms with Crippen LogP contribution in [-0.4, -0.2) is 23.1 Å². The Kier molecular flexibility index (Phi) is 4.32. The lowest BCUT2D eigenvalue weighted by Gasteiger charge is -2.08. The summed E-state index contributed by atoms with van der Waals surface area (Å²) < 4.78 is 0. The van der Waals surface area contributed by atoms with Crippen LogP contribution in [0.5, 0.6) is 0 Å². The van der Waals surface area contributed by atoms with Gasteiger partial charge in [0.1, 0.15) is 11.6 Å². The van der Waals surface area contributed by atoms with Crippen LogP contribution >= 0.6 is 0 Å². The molecular formula is C10H18N4. The molecule has 1 aromatic heterocycles. The van der Waals surface area contributed by atoms with Crippen LogP contribution in [0.3, 0.4) is 0 Å². The Morgan fingerprint density at radius 1 is 1.50 bits per heavy atom. The van der Waals surface area contributed by atoms with Gasteiger partial charge in [-0.2, -0.15) is 0 Å². The standard InChI is InChI=1S/C10H18N4/c1-8(2)7-13-10-4-6-12-9(14-10)3-5-11/h4,6,8H,3,5,7,11H2,1-2H3,(H,12,13,14). The number of aromatic nitrogens is 2. The summed E-state index contributed by atoms with van der Waals surface area (Å²) in [6.07, 6.45) is 2.50. The maximum absolute atomic E-state index is 5.43. The molecule has 0 aromatic carbocycles. The quantitative estimate of drug-likeness (QED) is 0.735. The van der Waals surface area contributed by atoms with Crippen molar-refractivity contribution in [1.29, 1.82) is 0 Å². The Morgan fingerprint density at radius 3 is 2.93 bits per heavy atom. The highest BCUT2D eigenvalue weighted by molar-refractivity contribution is 5.32. The van der Waals surface area contributed by atoms with Gasteiger partial charge in [-0.25, -0.2) is 9.97 Å². The number of hydrogen-bond acceptors (Lipinski definition) is 4. The van der Waals surface area contributed by atoms with Crippen molar-refractivity contribution in [1.82, 2.24) is 9.97 Å². The number of anilines is 1. The molecule has 0 unspecified atom stereocenters. The number of hydrogen-bond donors (Lipinski definition) is 2. The summed E-state index contributed by atoms with van der Waals surface area (Å²) in [5, 5.41) is 3.25. The van der Waals surface area contributed by atoms with Crippen molar-refractivity contribution in [2.24, 2.45) is 11.7 Å². The van der Waals surface area contributed by atoms with E-state index < -0.39 is 0 Å². The van der Waals surface area contributed by atoms with Gasteiger partial charge in [-0.15, -0.1) is 0 Å². The zero-order chi connectivity index (χ0) is 10.4. The van der Waals surface area contributed by atoms with Gasteiger partial charge >= 0.3 is 0 Å². The van der Waals surface area contributed by atoms with E-state index in [0.29, 0.717) is 12.5 Å². The molecule has 3 N–H and O–H groups in total. The molecule has 0 atom stereocenters. The van der Waals surface area contributed by atoms with Crippen molar-refractivity contribution < 1.29 is 0 Å². The molecule has 78 valence electrons.